The molecule has 4 N–H and O–H groups in total. The Morgan fingerprint density at radius 2 is 2.08 bits per heavy atom. The first-order valence-corrected chi connectivity index (χ1v) is 13.1. The molecule has 1 aromatic carbocycles. The van der Waals surface area contributed by atoms with Gasteiger partial charge in [0.05, 0.1) is 13.3 Å². The van der Waals surface area contributed by atoms with Crippen LogP contribution in [0, 0.1) is 5.41 Å². The summed E-state index contributed by atoms with van der Waals surface area (Å²) < 4.78 is 10.7. The lowest BCUT2D eigenvalue weighted by molar-refractivity contribution is -0.162. The maximum Gasteiger partial charge on any atom is 0.316 e. The van der Waals surface area contributed by atoms with E-state index in [4.69, 9.17) is 31.6 Å². The molecule has 3 heterocycles. The molecule has 0 aromatic heterocycles. The molecule has 2 amide bonds. The van der Waals surface area contributed by atoms with Gasteiger partial charge < -0.3 is 30.3 Å². The number of carbonyl (C=O) groups excluding carboxylic acids is 3. The summed E-state index contributed by atoms with van der Waals surface area (Å²) in [5, 5.41) is 7.80. The molecule has 3 atom stereocenters. The van der Waals surface area contributed by atoms with Crippen LogP contribution in [-0.4, -0.2) is 77.3 Å². The Labute approximate surface area is 220 Å². The fourth-order valence-corrected chi connectivity index (χ4v) is 6.22. The van der Waals surface area contributed by atoms with E-state index in [1.165, 1.54) is 35.0 Å². The number of alkyl halides is 1. The van der Waals surface area contributed by atoms with Crippen molar-refractivity contribution < 1.29 is 28.7 Å². The van der Waals surface area contributed by atoms with Crippen LogP contribution in [0.3, 0.4) is 0 Å². The second kappa shape index (κ2) is 11.1. The Morgan fingerprint density at radius 1 is 1.33 bits per heavy atom. The van der Waals surface area contributed by atoms with Crippen molar-refractivity contribution in [3.05, 3.63) is 41.1 Å². The smallest absolute Gasteiger partial charge is 0.316 e. The zero-order valence-electron chi connectivity index (χ0n) is 19.4. The monoisotopic (exact) mass is 556 g/mol. The fraction of sp³-hybridized carbons (Fsp3) is 0.429. The lowest BCUT2D eigenvalue weighted by Gasteiger charge is -2.53. The summed E-state index contributed by atoms with van der Waals surface area (Å²) in [5.74, 6) is -0.513. The fourth-order valence-electron chi connectivity index (χ4n) is 3.78. The summed E-state index contributed by atoms with van der Waals surface area (Å²) in [5.41, 5.74) is 5.46. The first kappa shape index (κ1) is 26.3. The van der Waals surface area contributed by atoms with E-state index < -0.39 is 23.3 Å². The normalized spacial score (nSPS) is 25.5. The van der Waals surface area contributed by atoms with Gasteiger partial charge in [-0.15, -0.1) is 23.4 Å². The third-order valence-electron chi connectivity index (χ3n) is 5.78. The van der Waals surface area contributed by atoms with E-state index in [1.54, 1.807) is 31.4 Å². The third-order valence-corrected chi connectivity index (χ3v) is 8.50. The Kier molecular flexibility index (Phi) is 8.07. The summed E-state index contributed by atoms with van der Waals surface area (Å²) in [6.45, 7) is 0.176. The van der Waals surface area contributed by atoms with Crippen molar-refractivity contribution in [2.75, 3.05) is 32.4 Å². The second-order valence-corrected chi connectivity index (χ2v) is 10.4. The number of esters is 1. The molecule has 36 heavy (non-hydrogen) atoms. The summed E-state index contributed by atoms with van der Waals surface area (Å²) in [6, 6.07) is 6.38. The predicted molar refractivity (Wildman–Crippen MR) is 135 cm³/mol. The Bertz CT molecular complexity index is 1090. The highest BCUT2D eigenvalue weighted by Gasteiger charge is 2.58. The van der Waals surface area contributed by atoms with Crippen LogP contribution in [0.4, 0.5) is 0 Å². The first-order valence-electron chi connectivity index (χ1n) is 10.7. The summed E-state index contributed by atoms with van der Waals surface area (Å²) in [4.78, 5) is 47.9. The number of nitrogens with zero attached hydrogens (tertiary/aromatic N) is 3. The van der Waals surface area contributed by atoms with Gasteiger partial charge in [-0.2, -0.15) is 4.83 Å². The highest BCUT2D eigenvalue weighted by Crippen LogP contribution is 2.43. The van der Waals surface area contributed by atoms with E-state index in [1.807, 2.05) is 0 Å². The number of oxime groups is 1. The van der Waals surface area contributed by atoms with E-state index in [2.05, 4.69) is 15.3 Å². The van der Waals surface area contributed by atoms with E-state index >= 15 is 0 Å². The SMILES string of the molecule is CON=C(C(=O)NC1C(=O)N2CC(CCl)(C(=O)OCc3ccc(OC)cc3)CS[C@H]12)N1C=C(N)SN1. The largest absolute Gasteiger partial charge is 0.497 e. The van der Waals surface area contributed by atoms with Crippen LogP contribution in [0.25, 0.3) is 0 Å². The van der Waals surface area contributed by atoms with Crippen molar-refractivity contribution in [1.82, 2.24) is 20.1 Å². The van der Waals surface area contributed by atoms with Gasteiger partial charge in [0.2, 0.25) is 5.91 Å². The Morgan fingerprint density at radius 3 is 2.69 bits per heavy atom. The molecule has 1 aromatic rings. The minimum absolute atomic E-state index is 0.00826. The number of methoxy groups -OCH3 is 1. The molecule has 0 radical (unpaired) electrons. The number of fused-ring (bicyclic) bond motifs is 1. The van der Waals surface area contributed by atoms with Crippen LogP contribution in [0.1, 0.15) is 5.56 Å². The van der Waals surface area contributed by atoms with E-state index in [9.17, 15) is 14.4 Å². The Hall–Kier alpha value is -2.81. The van der Waals surface area contributed by atoms with Gasteiger partial charge in [-0.3, -0.25) is 14.4 Å². The number of rotatable bonds is 7. The number of benzene rings is 1. The average molecular weight is 557 g/mol. The van der Waals surface area contributed by atoms with Crippen molar-refractivity contribution in [2.24, 2.45) is 16.3 Å². The molecule has 15 heteroatoms. The number of nitrogens with two attached hydrogens (primary N) is 1. The highest BCUT2D eigenvalue weighted by atomic mass is 35.5. The number of carbonyl (C=O) groups is 3. The molecule has 12 nitrogen and oxygen atoms in total. The summed E-state index contributed by atoms with van der Waals surface area (Å²) >= 11 is 8.69. The molecule has 2 saturated heterocycles. The molecule has 3 aliphatic heterocycles. The highest BCUT2D eigenvalue weighted by molar-refractivity contribution is 8.01. The average Bonchev–Trinajstić information content (AvgIpc) is 3.34. The minimum Gasteiger partial charge on any atom is -0.497 e. The van der Waals surface area contributed by atoms with Crippen LogP contribution in [0.15, 0.2) is 40.7 Å². The number of nitrogens with one attached hydrogen (secondary N) is 2. The van der Waals surface area contributed by atoms with Gasteiger partial charge >= 0.3 is 5.97 Å². The van der Waals surface area contributed by atoms with Crippen molar-refractivity contribution in [3.63, 3.8) is 0 Å². The van der Waals surface area contributed by atoms with Crippen LogP contribution in [-0.2, 0) is 30.6 Å². The molecular weight excluding hydrogens is 532 g/mol. The quantitative estimate of drug-likeness (QED) is 0.0822. The van der Waals surface area contributed by atoms with Crippen molar-refractivity contribution >= 4 is 58.9 Å². The van der Waals surface area contributed by atoms with Gasteiger partial charge in [0.25, 0.3) is 11.7 Å². The lowest BCUT2D eigenvalue weighted by Crippen LogP contribution is -2.74. The zero-order chi connectivity index (χ0) is 25.9. The lowest BCUT2D eigenvalue weighted by atomic mass is 9.89. The van der Waals surface area contributed by atoms with Gasteiger partial charge in [-0.25, -0.2) is 5.01 Å². The van der Waals surface area contributed by atoms with Crippen molar-refractivity contribution in [2.45, 2.75) is 18.0 Å². The summed E-state index contributed by atoms with van der Waals surface area (Å²) in [7, 11) is 2.88. The number of hydrogen-bond donors (Lipinski definition) is 3. The van der Waals surface area contributed by atoms with Crippen molar-refractivity contribution in [1.29, 1.82) is 0 Å². The number of amides is 2. The topological polar surface area (TPSA) is 148 Å². The van der Waals surface area contributed by atoms with Gasteiger partial charge in [-0.1, -0.05) is 17.3 Å². The number of β-lactam (4-membered cyclic amide) rings is 1. The number of hydrazine groups is 1. The molecule has 0 saturated carbocycles. The minimum atomic E-state index is -1.05. The van der Waals surface area contributed by atoms with E-state index in [0.29, 0.717) is 16.5 Å². The van der Waals surface area contributed by atoms with Gasteiger partial charge in [0.15, 0.2) is 0 Å². The summed E-state index contributed by atoms with van der Waals surface area (Å²) in [6.07, 6.45) is 1.47. The van der Waals surface area contributed by atoms with Gasteiger partial charge in [0, 0.05) is 18.2 Å². The molecule has 0 bridgehead atoms. The third kappa shape index (κ3) is 5.16. The zero-order valence-corrected chi connectivity index (χ0v) is 21.8. The maximum absolute atomic E-state index is 13.0. The predicted octanol–water partition coefficient (Wildman–Crippen LogP) is 0.549. The second-order valence-electron chi connectivity index (χ2n) is 8.15. The molecule has 2 fully saturated rings. The van der Waals surface area contributed by atoms with Crippen LogP contribution >= 0.6 is 35.3 Å². The van der Waals surface area contributed by atoms with E-state index in [0.717, 1.165) is 17.5 Å². The van der Waals surface area contributed by atoms with Crippen LogP contribution < -0.4 is 20.6 Å². The molecule has 4 rings (SSSR count). The molecular formula is C21H25ClN6O6S2. The van der Waals surface area contributed by atoms with Crippen LogP contribution in [0.5, 0.6) is 5.75 Å². The van der Waals surface area contributed by atoms with Gasteiger partial charge in [-0.05, 0) is 29.6 Å². The number of halogens is 1. The van der Waals surface area contributed by atoms with E-state index in [-0.39, 0.29) is 36.1 Å². The Balaban J connectivity index is 1.36. The van der Waals surface area contributed by atoms with Crippen LogP contribution in [0.2, 0.25) is 0 Å². The standard InChI is InChI=1S/C21H25ClN6O6S2/c1-32-13-5-3-12(4-6-13)8-34-20(31)21(9-22)10-27-18(30)15(19(27)35-11-21)24-17(29)16(25-33-2)28-7-14(23)36-26-28/h3-7,15,19,26H,8-11,23H2,1-2H3,(H,24,29)/t15?,19-,21?/m1/s1. The van der Waals surface area contributed by atoms with Crippen molar-refractivity contribution in [3.8, 4) is 5.75 Å². The number of amidine groups is 1. The molecule has 2 unspecified atom stereocenters. The maximum atomic E-state index is 13.0. The number of ether oxygens (including phenoxy) is 2. The molecule has 0 aliphatic carbocycles. The molecule has 3 aliphatic rings. The first-order chi connectivity index (χ1) is 17.3. The number of thioether (sulfide) groups is 1. The van der Waals surface area contributed by atoms with Gasteiger partial charge in [0.1, 0.15) is 41.3 Å². The molecule has 194 valence electrons. The molecule has 0 spiro atoms. The number of hydrogen-bond acceptors (Lipinski definition) is 11.